The van der Waals surface area contributed by atoms with E-state index in [1.54, 1.807) is 62.6 Å². The first kappa shape index (κ1) is 34.8. The molecule has 0 bridgehead atoms. The van der Waals surface area contributed by atoms with Gasteiger partial charge in [0.2, 0.25) is 0 Å². The molecule has 262 valence electrons. The van der Waals surface area contributed by atoms with Crippen molar-refractivity contribution in [2.24, 2.45) is 0 Å². The van der Waals surface area contributed by atoms with Gasteiger partial charge in [-0.05, 0) is 70.5 Å². The van der Waals surface area contributed by atoms with E-state index in [0.29, 0.717) is 51.7 Å². The molecule has 12 nitrogen and oxygen atoms in total. The summed E-state index contributed by atoms with van der Waals surface area (Å²) in [4.78, 5) is 29.7. The smallest absolute Gasteiger partial charge is 0.412 e. The van der Waals surface area contributed by atoms with Gasteiger partial charge in [0.1, 0.15) is 29.8 Å². The van der Waals surface area contributed by atoms with Gasteiger partial charge < -0.3 is 29.2 Å². The number of aryl methyl sites for hydroxylation is 2. The molecule has 0 aliphatic heterocycles. The molecule has 51 heavy (non-hydrogen) atoms. The van der Waals surface area contributed by atoms with Crippen molar-refractivity contribution >= 4 is 28.6 Å². The van der Waals surface area contributed by atoms with E-state index in [0.717, 1.165) is 11.1 Å². The van der Waals surface area contributed by atoms with Crippen LogP contribution in [-0.4, -0.2) is 49.4 Å². The van der Waals surface area contributed by atoms with Crippen LogP contribution in [0.25, 0.3) is 28.0 Å². The molecular weight excluding hydrogens is 653 g/mol. The summed E-state index contributed by atoms with van der Waals surface area (Å²) in [6.45, 7) is 9.94. The molecule has 0 radical (unpaired) electrons. The summed E-state index contributed by atoms with van der Waals surface area (Å²) in [5.74, 6) is -0.0892. The fourth-order valence-electron chi connectivity index (χ4n) is 5.46. The van der Waals surface area contributed by atoms with Gasteiger partial charge in [0.15, 0.2) is 17.4 Å². The Kier molecular flexibility index (Phi) is 10.1. The Morgan fingerprint density at radius 2 is 1.75 bits per heavy atom. The maximum atomic E-state index is 15.7. The summed E-state index contributed by atoms with van der Waals surface area (Å²) in [5, 5.41) is 2.78. The molecule has 0 fully saturated rings. The van der Waals surface area contributed by atoms with Gasteiger partial charge in [-0.15, -0.1) is 0 Å². The Hall–Kier alpha value is -6.08. The highest BCUT2D eigenvalue weighted by Gasteiger charge is 2.25. The van der Waals surface area contributed by atoms with Gasteiger partial charge in [-0.1, -0.05) is 30.3 Å². The molecule has 0 saturated carbocycles. The summed E-state index contributed by atoms with van der Waals surface area (Å²) in [6, 6.07) is 21.3. The van der Waals surface area contributed by atoms with E-state index in [1.165, 1.54) is 24.7 Å². The zero-order chi connectivity index (χ0) is 36.1. The first-order chi connectivity index (χ1) is 24.5. The Labute approximate surface area is 294 Å². The second-order valence-electron chi connectivity index (χ2n) is 12.7. The number of hydrogen-bond acceptors (Lipinski definition) is 10. The van der Waals surface area contributed by atoms with Crippen molar-refractivity contribution < 1.29 is 28.1 Å². The highest BCUT2D eigenvalue weighted by molar-refractivity contribution is 5.97. The van der Waals surface area contributed by atoms with E-state index in [2.05, 4.69) is 25.3 Å². The third-order valence-electron chi connectivity index (χ3n) is 7.63. The molecule has 0 unspecified atom stereocenters. The monoisotopic (exact) mass is 691 g/mol. The molecule has 1 amide bonds. The first-order valence-electron chi connectivity index (χ1n) is 16.2. The fraction of sp³-hybridized carbons (Fsp3) is 0.237. The maximum absolute atomic E-state index is 15.7. The lowest BCUT2D eigenvalue weighted by atomic mass is 10.1. The van der Waals surface area contributed by atoms with E-state index in [-0.39, 0.29) is 30.8 Å². The standard InChI is InChI=1S/C38H38FN7O5/c1-23-15-16-41-36(44-23)50-30-14-12-27(20-29(30)39)46-33(24(2)32-34(46)35(40)43-22-42-32)28-13-11-26(45-37(47)51-38(3,4)5)19-31(28)49-18-17-48-21-25-9-7-6-8-10-25/h6-16,19-20,22H,17-18,21H2,1-5H3,(H,45,47)(H2,40,42,43). The molecule has 0 atom stereocenters. The SMILES string of the molecule is Cc1ccnc(Oc2ccc(-n3c(-c4ccc(NC(=O)OC(C)(C)C)cc4OCCOCc4ccccc4)c(C)c4ncnc(N)c43)cc2F)n1. The second kappa shape index (κ2) is 14.8. The summed E-state index contributed by atoms with van der Waals surface area (Å²) >= 11 is 0. The van der Waals surface area contributed by atoms with Gasteiger partial charge in [-0.3, -0.25) is 5.32 Å². The van der Waals surface area contributed by atoms with Crippen LogP contribution in [0.5, 0.6) is 17.5 Å². The summed E-state index contributed by atoms with van der Waals surface area (Å²) in [6.07, 6.45) is 2.31. The van der Waals surface area contributed by atoms with Crippen molar-refractivity contribution in [3.05, 3.63) is 108 Å². The molecule has 0 spiro atoms. The minimum Gasteiger partial charge on any atom is -0.490 e. The number of nitrogens with two attached hydrogens (primary N) is 1. The Balaban J connectivity index is 1.40. The van der Waals surface area contributed by atoms with E-state index in [4.69, 9.17) is 24.7 Å². The summed E-state index contributed by atoms with van der Waals surface area (Å²) in [7, 11) is 0. The van der Waals surface area contributed by atoms with Crippen molar-refractivity contribution in [1.82, 2.24) is 24.5 Å². The fourth-order valence-corrected chi connectivity index (χ4v) is 5.46. The number of nitrogens with zero attached hydrogens (tertiary/aromatic N) is 5. The topological polar surface area (TPSA) is 149 Å². The predicted octanol–water partition coefficient (Wildman–Crippen LogP) is 7.95. The van der Waals surface area contributed by atoms with Gasteiger partial charge in [0.25, 0.3) is 0 Å². The number of rotatable bonds is 11. The van der Waals surface area contributed by atoms with Crippen molar-refractivity contribution in [1.29, 1.82) is 0 Å². The number of nitrogens with one attached hydrogen (secondary N) is 1. The molecule has 3 heterocycles. The Morgan fingerprint density at radius 1 is 0.941 bits per heavy atom. The average Bonchev–Trinajstić information content (AvgIpc) is 3.38. The minimum absolute atomic E-state index is 0.0249. The highest BCUT2D eigenvalue weighted by atomic mass is 19.1. The molecule has 0 aliphatic carbocycles. The number of nitrogen functional groups attached to an aromatic ring is 1. The number of fused-ring (bicyclic) bond motifs is 1. The molecule has 0 saturated heterocycles. The van der Waals surface area contributed by atoms with E-state index < -0.39 is 17.5 Å². The van der Waals surface area contributed by atoms with Crippen LogP contribution >= 0.6 is 0 Å². The highest BCUT2D eigenvalue weighted by Crippen LogP contribution is 2.42. The Morgan fingerprint density at radius 3 is 2.49 bits per heavy atom. The van der Waals surface area contributed by atoms with Gasteiger partial charge >= 0.3 is 12.1 Å². The predicted molar refractivity (Wildman–Crippen MR) is 192 cm³/mol. The first-order valence-corrected chi connectivity index (χ1v) is 16.2. The molecule has 6 aromatic rings. The van der Waals surface area contributed by atoms with Crippen molar-refractivity contribution in [3.63, 3.8) is 0 Å². The molecular formula is C38H38FN7O5. The van der Waals surface area contributed by atoms with E-state index >= 15 is 4.39 Å². The van der Waals surface area contributed by atoms with Crippen LogP contribution in [-0.2, 0) is 16.1 Å². The van der Waals surface area contributed by atoms with Crippen LogP contribution in [0, 0.1) is 19.7 Å². The number of carbonyl (C=O) groups excluding carboxylic acids is 1. The average molecular weight is 692 g/mol. The van der Waals surface area contributed by atoms with Crippen molar-refractivity contribution in [3.8, 4) is 34.5 Å². The zero-order valence-electron chi connectivity index (χ0n) is 28.9. The zero-order valence-corrected chi connectivity index (χ0v) is 28.9. The van der Waals surface area contributed by atoms with Gasteiger partial charge in [-0.2, -0.15) is 0 Å². The molecule has 3 aromatic carbocycles. The van der Waals surface area contributed by atoms with Crippen LogP contribution < -0.4 is 20.5 Å². The second-order valence-corrected chi connectivity index (χ2v) is 12.7. The van der Waals surface area contributed by atoms with Crippen molar-refractivity contribution in [2.75, 3.05) is 24.3 Å². The number of benzene rings is 3. The van der Waals surface area contributed by atoms with Crippen LogP contribution in [0.2, 0.25) is 0 Å². The van der Waals surface area contributed by atoms with Crippen LogP contribution in [0.1, 0.15) is 37.6 Å². The number of ether oxygens (including phenoxy) is 4. The Bertz CT molecular complexity index is 2180. The van der Waals surface area contributed by atoms with E-state index in [1.807, 2.05) is 37.3 Å². The minimum atomic E-state index is -0.693. The van der Waals surface area contributed by atoms with Gasteiger partial charge in [0.05, 0.1) is 24.4 Å². The van der Waals surface area contributed by atoms with Crippen LogP contribution in [0.3, 0.4) is 0 Å². The lowest BCUT2D eigenvalue weighted by molar-refractivity contribution is 0.0636. The van der Waals surface area contributed by atoms with Gasteiger partial charge in [0, 0.05) is 46.5 Å². The number of hydrogen-bond donors (Lipinski definition) is 2. The number of anilines is 2. The molecule has 3 aromatic heterocycles. The third-order valence-corrected chi connectivity index (χ3v) is 7.63. The third kappa shape index (κ3) is 8.22. The molecule has 0 aliphatic rings. The van der Waals surface area contributed by atoms with E-state index in [9.17, 15) is 4.79 Å². The number of halogens is 1. The normalized spacial score (nSPS) is 11.4. The number of amides is 1. The molecule has 6 rings (SSSR count). The molecule has 3 N–H and O–H groups in total. The maximum Gasteiger partial charge on any atom is 0.412 e. The lowest BCUT2D eigenvalue weighted by Gasteiger charge is -2.21. The summed E-state index contributed by atoms with van der Waals surface area (Å²) in [5.41, 5.74) is 11.4. The van der Waals surface area contributed by atoms with Crippen LogP contribution in [0.4, 0.5) is 20.7 Å². The largest absolute Gasteiger partial charge is 0.490 e. The molecule has 13 heteroatoms. The van der Waals surface area contributed by atoms with Crippen molar-refractivity contribution in [2.45, 2.75) is 46.8 Å². The summed E-state index contributed by atoms with van der Waals surface area (Å²) < 4.78 is 40.9. The lowest BCUT2D eigenvalue weighted by Crippen LogP contribution is -2.27. The van der Waals surface area contributed by atoms with Crippen LogP contribution in [0.15, 0.2) is 85.3 Å². The quantitative estimate of drug-likeness (QED) is 0.128. The van der Waals surface area contributed by atoms with Gasteiger partial charge in [-0.25, -0.2) is 29.1 Å². The number of carbonyl (C=O) groups is 1. The number of aromatic nitrogens is 5.